The molecule has 0 fully saturated rings. The molecule has 78 heavy (non-hydrogen) atoms. The van der Waals surface area contributed by atoms with Crippen LogP contribution < -0.4 is 0 Å². The van der Waals surface area contributed by atoms with Gasteiger partial charge in [0.25, 0.3) is 0 Å². The molecule has 0 aliphatic carbocycles. The zero-order valence-corrected chi connectivity index (χ0v) is 37.9. The van der Waals surface area contributed by atoms with Crippen LogP contribution in [0.5, 0.6) is 103 Å². The zero-order valence-electron chi connectivity index (χ0n) is 37.9. The molecule has 30 nitrogen and oxygen atoms in total. The summed E-state index contributed by atoms with van der Waals surface area (Å²) in [5, 5.41) is 212. The van der Waals surface area contributed by atoms with Crippen molar-refractivity contribution in [1.82, 2.24) is 0 Å². The number of phenols is 18. The van der Waals surface area contributed by atoms with Crippen LogP contribution in [0, 0.1) is 0 Å². The first-order valence-corrected chi connectivity index (χ1v) is 21.6. The van der Waals surface area contributed by atoms with Crippen molar-refractivity contribution in [1.29, 1.82) is 0 Å². The standard InChI is InChI=1S/C48H30O30/c49-10-1-6(43(67)68)15(30(57)26(10)53)23-22-25-21(36(63)39(66)37(22)64)20-24-19(34(61)38(65)35(20)62)18-9(4-13(52)29(56)33(18)60)45(70)75-14-5-74-44(69)7-2-11(50)27(54)31(58)16(7)17-8(3-12(51)28(55)32(17)59)46(71)76-40(14)42(78-48(24)73)41(23)77-47(25)72/h1-4,14,23,40-42,49-66H,5H2,(H,67,68). The van der Waals surface area contributed by atoms with Gasteiger partial charge in [0, 0.05) is 44.5 Å². The van der Waals surface area contributed by atoms with Gasteiger partial charge >= 0.3 is 35.8 Å². The summed E-state index contributed by atoms with van der Waals surface area (Å²) in [5.74, 6) is -44.2. The van der Waals surface area contributed by atoms with E-state index < -0.39 is 254 Å². The molecule has 11 rings (SSSR count). The minimum Gasteiger partial charge on any atom is -0.504 e. The molecule has 402 valence electrons. The number of hydrogen-bond donors (Lipinski definition) is 19. The highest BCUT2D eigenvalue weighted by Crippen LogP contribution is 2.64. The van der Waals surface area contributed by atoms with E-state index in [0.717, 1.165) is 0 Å². The fourth-order valence-electron chi connectivity index (χ4n) is 9.87. The maximum atomic E-state index is 15.5. The Morgan fingerprint density at radius 3 is 1.22 bits per heavy atom. The monoisotopic (exact) mass is 1090 g/mol. The molecule has 5 aliphatic rings. The van der Waals surface area contributed by atoms with Gasteiger partial charge in [0.2, 0.25) is 34.5 Å². The Morgan fingerprint density at radius 2 is 0.705 bits per heavy atom. The molecule has 6 aromatic rings. The number of ether oxygens (including phenoxy) is 5. The fraction of sp³-hybridized carbons (Fsp3) is 0.125. The molecule has 5 atom stereocenters. The largest absolute Gasteiger partial charge is 0.504 e. The number of esters is 5. The van der Waals surface area contributed by atoms with E-state index in [4.69, 9.17) is 23.7 Å². The summed E-state index contributed by atoms with van der Waals surface area (Å²) in [5.41, 5.74) is -19.3. The van der Waals surface area contributed by atoms with Gasteiger partial charge in [0.15, 0.2) is 93.4 Å². The summed E-state index contributed by atoms with van der Waals surface area (Å²) in [6, 6.07) is 1.11. The number of aromatic hydroxyl groups is 18. The van der Waals surface area contributed by atoms with Crippen LogP contribution in [0.25, 0.3) is 33.4 Å². The van der Waals surface area contributed by atoms with E-state index in [9.17, 15) is 116 Å². The van der Waals surface area contributed by atoms with Crippen molar-refractivity contribution >= 4 is 35.8 Å². The normalized spacial score (nSPS) is 19.2. The van der Waals surface area contributed by atoms with E-state index in [1.54, 1.807) is 0 Å². The SMILES string of the molecule is O=C1OCC2OC(=O)c3cc(O)c(O)c(O)c3-c3c(O)c(O)c(O)c4c3C(=O)OC(C2OC(=O)c2cc(O)c(O)c(O)c2-c2c1cc(O)c(O)c2O)C1OC(=O)c2c-4c(O)c(O)c(O)c2C1c1c(C(=O)O)cc(O)c(O)c1O. The van der Waals surface area contributed by atoms with Crippen LogP contribution in [0.3, 0.4) is 0 Å². The number of carbonyl (C=O) groups is 6. The van der Waals surface area contributed by atoms with Gasteiger partial charge in [-0.1, -0.05) is 0 Å². The van der Waals surface area contributed by atoms with Crippen LogP contribution in [-0.2, 0) is 23.7 Å². The molecule has 30 heteroatoms. The van der Waals surface area contributed by atoms with Gasteiger partial charge in [0.05, 0.1) is 39.3 Å². The molecular formula is C48H30O30. The topological polar surface area (TPSA) is 533 Å². The lowest BCUT2D eigenvalue weighted by Crippen LogP contribution is -2.56. The average Bonchev–Trinajstić information content (AvgIpc) is 3.63. The Balaban J connectivity index is 1.42. The van der Waals surface area contributed by atoms with Crippen molar-refractivity contribution in [3.8, 4) is 137 Å². The minimum atomic E-state index is -3.10. The third-order valence-corrected chi connectivity index (χ3v) is 13.3. The molecule has 0 radical (unpaired) electrons. The van der Waals surface area contributed by atoms with Gasteiger partial charge in [-0.25, -0.2) is 28.8 Å². The number of fused-ring (bicyclic) bond motifs is 7. The predicted octanol–water partition coefficient (Wildman–Crippen LogP) is 2.23. The first-order chi connectivity index (χ1) is 36.6. The van der Waals surface area contributed by atoms with Gasteiger partial charge in [-0.3, -0.25) is 0 Å². The number of hydrogen-bond acceptors (Lipinski definition) is 29. The summed E-state index contributed by atoms with van der Waals surface area (Å²) in [6.45, 7) is -1.68. The Hall–Kier alpha value is -11.5. The number of benzene rings is 6. The van der Waals surface area contributed by atoms with E-state index in [0.29, 0.717) is 6.07 Å². The van der Waals surface area contributed by atoms with E-state index in [-0.39, 0.29) is 18.2 Å². The molecule has 0 spiro atoms. The molecule has 6 aromatic carbocycles. The van der Waals surface area contributed by atoms with Crippen molar-refractivity contribution in [2.24, 2.45) is 0 Å². The number of aromatic carboxylic acids is 1. The summed E-state index contributed by atoms with van der Waals surface area (Å²) >= 11 is 0. The fourth-order valence-corrected chi connectivity index (χ4v) is 9.87. The molecule has 19 N–H and O–H groups in total. The van der Waals surface area contributed by atoms with Gasteiger partial charge in [-0.2, -0.15) is 0 Å². The summed E-state index contributed by atoms with van der Waals surface area (Å²) < 4.78 is 28.6. The molecule has 5 aliphatic heterocycles. The van der Waals surface area contributed by atoms with E-state index in [2.05, 4.69) is 0 Å². The average molecular weight is 1090 g/mol. The van der Waals surface area contributed by atoms with Gasteiger partial charge in [-0.15, -0.1) is 0 Å². The van der Waals surface area contributed by atoms with Crippen molar-refractivity contribution in [2.45, 2.75) is 30.3 Å². The number of carboxylic acids is 1. The third kappa shape index (κ3) is 6.68. The van der Waals surface area contributed by atoms with Crippen LogP contribution in [0.2, 0.25) is 0 Å². The smallest absolute Gasteiger partial charge is 0.340 e. The maximum absolute atomic E-state index is 15.5. The van der Waals surface area contributed by atoms with Crippen LogP contribution in [-0.4, -0.2) is 164 Å². The first-order valence-electron chi connectivity index (χ1n) is 21.6. The lowest BCUT2D eigenvalue weighted by atomic mass is 9.73. The number of cyclic esters (lactones) is 1. The lowest BCUT2D eigenvalue weighted by Gasteiger charge is -2.43. The third-order valence-electron chi connectivity index (χ3n) is 13.3. The minimum absolute atomic E-state index is 0.251. The summed E-state index contributed by atoms with van der Waals surface area (Å²) in [7, 11) is 0. The van der Waals surface area contributed by atoms with Gasteiger partial charge < -0.3 is 121 Å². The molecule has 0 aromatic heterocycles. The Kier molecular flexibility index (Phi) is 10.8. The van der Waals surface area contributed by atoms with E-state index >= 15 is 9.59 Å². The Bertz CT molecular complexity index is 3860. The van der Waals surface area contributed by atoms with Crippen molar-refractivity contribution in [3.05, 3.63) is 68.8 Å². The van der Waals surface area contributed by atoms with Gasteiger partial charge in [0.1, 0.15) is 6.61 Å². The Labute approximate surface area is 427 Å². The highest BCUT2D eigenvalue weighted by Gasteiger charge is 2.57. The van der Waals surface area contributed by atoms with Crippen molar-refractivity contribution in [3.63, 3.8) is 0 Å². The molecular weight excluding hydrogens is 1060 g/mol. The molecule has 6 bridgehead atoms. The second kappa shape index (κ2) is 16.8. The number of carbonyl (C=O) groups excluding carboxylic acids is 5. The maximum Gasteiger partial charge on any atom is 0.340 e. The quantitative estimate of drug-likeness (QED) is 0.0671. The molecule has 0 saturated carbocycles. The summed E-state index contributed by atoms with van der Waals surface area (Å²) in [6.07, 6.45) is -11.9. The lowest BCUT2D eigenvalue weighted by molar-refractivity contribution is -0.135. The summed E-state index contributed by atoms with van der Waals surface area (Å²) in [4.78, 5) is 87.8. The van der Waals surface area contributed by atoms with Crippen molar-refractivity contribution in [2.75, 3.05) is 6.61 Å². The van der Waals surface area contributed by atoms with E-state index in [1.165, 1.54) is 0 Å². The van der Waals surface area contributed by atoms with Crippen LogP contribution in [0.15, 0.2) is 24.3 Å². The predicted molar refractivity (Wildman–Crippen MR) is 241 cm³/mol. The number of carboxylic acid groups (broad SMARTS) is 1. The zero-order chi connectivity index (χ0) is 56.9. The van der Waals surface area contributed by atoms with Gasteiger partial charge in [-0.05, 0) is 24.3 Å². The molecule has 5 unspecified atom stereocenters. The highest BCUT2D eigenvalue weighted by atomic mass is 16.6. The van der Waals surface area contributed by atoms with Crippen LogP contribution >= 0.6 is 0 Å². The number of rotatable bonds is 2. The Morgan fingerprint density at radius 1 is 0.346 bits per heavy atom. The van der Waals surface area contributed by atoms with Crippen LogP contribution in [0.4, 0.5) is 0 Å². The highest BCUT2D eigenvalue weighted by molar-refractivity contribution is 6.17. The second-order valence-corrected chi connectivity index (χ2v) is 17.4. The molecule has 5 heterocycles. The van der Waals surface area contributed by atoms with E-state index in [1.807, 2.05) is 0 Å². The second-order valence-electron chi connectivity index (χ2n) is 17.4. The molecule has 0 saturated heterocycles. The first kappa shape index (κ1) is 50.1. The molecule has 0 amide bonds. The van der Waals surface area contributed by atoms with Crippen molar-refractivity contribution < 1.29 is 149 Å². The number of phenolic OH excluding ortho intramolecular Hbond substituents is 18. The van der Waals surface area contributed by atoms with Crippen LogP contribution in [0.1, 0.15) is 79.2 Å².